The number of amides is 1. The minimum absolute atomic E-state index is 0.00920. The fourth-order valence-corrected chi connectivity index (χ4v) is 5.61. The number of nitrogens with zero attached hydrogens (tertiary/aromatic N) is 4. The van der Waals surface area contributed by atoms with Crippen LogP contribution in [0.15, 0.2) is 41.5 Å². The van der Waals surface area contributed by atoms with Gasteiger partial charge in [0.05, 0.1) is 11.7 Å². The fourth-order valence-electron chi connectivity index (χ4n) is 4.39. The summed E-state index contributed by atoms with van der Waals surface area (Å²) in [4.78, 5) is 36.7. The van der Waals surface area contributed by atoms with Crippen LogP contribution in [0.1, 0.15) is 23.3 Å². The lowest BCUT2D eigenvalue weighted by Gasteiger charge is -2.36. The number of aryl methyl sites for hydroxylation is 2. The molecule has 0 N–H and O–H groups in total. The number of aromatic nitrogens is 2. The summed E-state index contributed by atoms with van der Waals surface area (Å²) in [5.74, 6) is -0.00920. The highest BCUT2D eigenvalue weighted by Crippen LogP contribution is 2.33. The number of hydrogen-bond donors (Lipinski definition) is 0. The SMILES string of the molecule is O=C(Cn1cnc2sc3c(c2c1=O)CCCC3)N1CCN(c2ccccc2)CC1. The Labute approximate surface area is 173 Å². The third kappa shape index (κ3) is 3.44. The zero-order valence-corrected chi connectivity index (χ0v) is 17.2. The number of thiophene rings is 1. The second-order valence-corrected chi connectivity index (χ2v) is 8.86. The number of rotatable bonds is 3. The molecule has 7 heteroatoms. The van der Waals surface area contributed by atoms with Gasteiger partial charge in [0, 0.05) is 36.7 Å². The van der Waals surface area contributed by atoms with Crippen LogP contribution in [0, 0.1) is 0 Å². The quantitative estimate of drug-likeness (QED) is 0.669. The Morgan fingerprint density at radius 2 is 1.79 bits per heavy atom. The Balaban J connectivity index is 1.31. The Morgan fingerprint density at radius 1 is 1.03 bits per heavy atom. The Hall–Kier alpha value is -2.67. The van der Waals surface area contributed by atoms with E-state index in [2.05, 4.69) is 22.0 Å². The Morgan fingerprint density at radius 3 is 2.59 bits per heavy atom. The maximum absolute atomic E-state index is 13.1. The van der Waals surface area contributed by atoms with Crippen molar-refractivity contribution < 1.29 is 4.79 Å². The molecule has 0 saturated carbocycles. The van der Waals surface area contributed by atoms with Crippen LogP contribution in [0.5, 0.6) is 0 Å². The molecule has 0 radical (unpaired) electrons. The highest BCUT2D eigenvalue weighted by atomic mass is 32.1. The van der Waals surface area contributed by atoms with E-state index in [1.165, 1.54) is 27.1 Å². The summed E-state index contributed by atoms with van der Waals surface area (Å²) < 4.78 is 1.50. The summed E-state index contributed by atoms with van der Waals surface area (Å²) in [5, 5.41) is 0.744. The van der Waals surface area contributed by atoms with Gasteiger partial charge in [-0.2, -0.15) is 0 Å². The molecule has 29 heavy (non-hydrogen) atoms. The molecule has 150 valence electrons. The van der Waals surface area contributed by atoms with Gasteiger partial charge in [0.2, 0.25) is 5.91 Å². The monoisotopic (exact) mass is 408 g/mol. The minimum atomic E-state index is -0.0642. The molecule has 3 aromatic rings. The van der Waals surface area contributed by atoms with Crippen molar-refractivity contribution in [2.75, 3.05) is 31.1 Å². The molecule has 0 bridgehead atoms. The highest BCUT2D eigenvalue weighted by molar-refractivity contribution is 7.18. The van der Waals surface area contributed by atoms with Crippen molar-refractivity contribution in [2.24, 2.45) is 0 Å². The van der Waals surface area contributed by atoms with E-state index in [1.54, 1.807) is 17.7 Å². The molecule has 5 rings (SSSR count). The van der Waals surface area contributed by atoms with Crippen LogP contribution >= 0.6 is 11.3 Å². The summed E-state index contributed by atoms with van der Waals surface area (Å²) in [6, 6.07) is 10.3. The fraction of sp³-hybridized carbons (Fsp3) is 0.409. The summed E-state index contributed by atoms with van der Waals surface area (Å²) in [6.45, 7) is 3.02. The molecule has 6 nitrogen and oxygen atoms in total. The molecule has 0 unspecified atom stereocenters. The van der Waals surface area contributed by atoms with Crippen LogP contribution in [0.25, 0.3) is 10.2 Å². The van der Waals surface area contributed by atoms with E-state index in [9.17, 15) is 9.59 Å². The zero-order chi connectivity index (χ0) is 19.8. The van der Waals surface area contributed by atoms with Crippen LogP contribution in [-0.4, -0.2) is 46.5 Å². The predicted molar refractivity (Wildman–Crippen MR) is 116 cm³/mol. The van der Waals surface area contributed by atoms with Gasteiger partial charge < -0.3 is 9.80 Å². The number of para-hydroxylation sites is 1. The molecular weight excluding hydrogens is 384 g/mol. The molecule has 1 aliphatic carbocycles. The van der Waals surface area contributed by atoms with Gasteiger partial charge >= 0.3 is 0 Å². The van der Waals surface area contributed by atoms with E-state index >= 15 is 0 Å². The van der Waals surface area contributed by atoms with Crippen molar-refractivity contribution in [3.05, 3.63) is 57.5 Å². The van der Waals surface area contributed by atoms with Crippen molar-refractivity contribution >= 4 is 33.1 Å². The maximum Gasteiger partial charge on any atom is 0.262 e. The number of benzene rings is 1. The third-order valence-electron chi connectivity index (χ3n) is 6.00. The van der Waals surface area contributed by atoms with Gasteiger partial charge in [-0.3, -0.25) is 14.2 Å². The van der Waals surface area contributed by atoms with Gasteiger partial charge in [-0.05, 0) is 43.4 Å². The van der Waals surface area contributed by atoms with E-state index < -0.39 is 0 Å². The van der Waals surface area contributed by atoms with Crippen LogP contribution in [0.4, 0.5) is 5.69 Å². The summed E-state index contributed by atoms with van der Waals surface area (Å²) in [5.41, 5.74) is 2.30. The minimum Gasteiger partial charge on any atom is -0.368 e. The zero-order valence-electron chi connectivity index (χ0n) is 16.3. The summed E-state index contributed by atoms with van der Waals surface area (Å²) >= 11 is 1.64. The second-order valence-electron chi connectivity index (χ2n) is 7.77. The Bertz CT molecular complexity index is 1100. The molecule has 0 spiro atoms. The van der Waals surface area contributed by atoms with Crippen LogP contribution in [-0.2, 0) is 24.2 Å². The second kappa shape index (κ2) is 7.63. The number of anilines is 1. The lowest BCUT2D eigenvalue weighted by molar-refractivity contribution is -0.132. The van der Waals surface area contributed by atoms with E-state index in [0.29, 0.717) is 13.1 Å². The summed E-state index contributed by atoms with van der Waals surface area (Å²) in [6.07, 6.45) is 5.84. The number of fused-ring (bicyclic) bond motifs is 3. The number of hydrogen-bond acceptors (Lipinski definition) is 5. The first-order chi connectivity index (χ1) is 14.2. The molecule has 1 saturated heterocycles. The standard InChI is InChI=1S/C22H24N4O2S/c27-19(25-12-10-24(11-13-25)16-6-2-1-3-7-16)14-26-15-23-21-20(22(26)28)17-8-4-5-9-18(17)29-21/h1-3,6-7,15H,4-5,8-14H2. The van der Waals surface area contributed by atoms with Gasteiger partial charge in [0.25, 0.3) is 5.56 Å². The first kappa shape index (κ1) is 18.4. The predicted octanol–water partition coefficient (Wildman–Crippen LogP) is 2.69. The molecule has 2 aromatic heterocycles. The van der Waals surface area contributed by atoms with Crippen molar-refractivity contribution in [3.8, 4) is 0 Å². The number of carbonyl (C=O) groups excluding carboxylic acids is 1. The van der Waals surface area contributed by atoms with Gasteiger partial charge in [0.1, 0.15) is 11.4 Å². The van der Waals surface area contributed by atoms with Crippen LogP contribution < -0.4 is 10.5 Å². The number of carbonyl (C=O) groups is 1. The third-order valence-corrected chi connectivity index (χ3v) is 7.20. The molecule has 2 aliphatic rings. The molecule has 1 aromatic carbocycles. The first-order valence-corrected chi connectivity index (χ1v) is 11.1. The van der Waals surface area contributed by atoms with Gasteiger partial charge in [-0.25, -0.2) is 4.98 Å². The molecule has 1 aliphatic heterocycles. The summed E-state index contributed by atoms with van der Waals surface area (Å²) in [7, 11) is 0. The van der Waals surface area contributed by atoms with Crippen LogP contribution in [0.2, 0.25) is 0 Å². The van der Waals surface area contributed by atoms with Crippen molar-refractivity contribution in [1.29, 1.82) is 0 Å². The van der Waals surface area contributed by atoms with Crippen molar-refractivity contribution in [2.45, 2.75) is 32.2 Å². The lowest BCUT2D eigenvalue weighted by Crippen LogP contribution is -2.50. The normalized spacial score (nSPS) is 16.8. The van der Waals surface area contributed by atoms with Gasteiger partial charge in [0.15, 0.2) is 0 Å². The average molecular weight is 409 g/mol. The molecule has 3 heterocycles. The van der Waals surface area contributed by atoms with Crippen molar-refractivity contribution in [3.63, 3.8) is 0 Å². The van der Waals surface area contributed by atoms with Crippen molar-refractivity contribution in [1.82, 2.24) is 14.5 Å². The molecule has 1 amide bonds. The van der Waals surface area contributed by atoms with E-state index in [4.69, 9.17) is 0 Å². The lowest BCUT2D eigenvalue weighted by atomic mass is 9.97. The number of piperazine rings is 1. The maximum atomic E-state index is 13.1. The van der Waals surface area contributed by atoms with E-state index in [0.717, 1.165) is 42.6 Å². The topological polar surface area (TPSA) is 58.4 Å². The van der Waals surface area contributed by atoms with Gasteiger partial charge in [-0.1, -0.05) is 18.2 Å². The molecular formula is C22H24N4O2S. The first-order valence-electron chi connectivity index (χ1n) is 10.3. The molecule has 0 atom stereocenters. The van der Waals surface area contributed by atoms with Crippen LogP contribution in [0.3, 0.4) is 0 Å². The average Bonchev–Trinajstić information content (AvgIpc) is 3.16. The smallest absolute Gasteiger partial charge is 0.262 e. The molecule has 1 fully saturated rings. The largest absolute Gasteiger partial charge is 0.368 e. The van der Waals surface area contributed by atoms with Gasteiger partial charge in [-0.15, -0.1) is 11.3 Å². The Kier molecular flexibility index (Phi) is 4.83. The van der Waals surface area contributed by atoms with E-state index in [-0.39, 0.29) is 18.0 Å². The highest BCUT2D eigenvalue weighted by Gasteiger charge is 2.24. The van der Waals surface area contributed by atoms with E-state index in [1.807, 2.05) is 23.1 Å².